The van der Waals surface area contributed by atoms with Gasteiger partial charge in [-0.15, -0.1) is 0 Å². The molecule has 0 spiro atoms. The Morgan fingerprint density at radius 3 is 2.58 bits per heavy atom. The average molecular weight is 332 g/mol. The van der Waals surface area contributed by atoms with Crippen molar-refractivity contribution in [3.63, 3.8) is 0 Å². The van der Waals surface area contributed by atoms with Crippen molar-refractivity contribution in [1.29, 1.82) is 0 Å². The summed E-state index contributed by atoms with van der Waals surface area (Å²) in [5.74, 6) is 0.526. The Morgan fingerprint density at radius 2 is 1.96 bits per heavy atom. The van der Waals surface area contributed by atoms with Crippen LogP contribution in [-0.4, -0.2) is 28.5 Å². The van der Waals surface area contributed by atoms with Crippen molar-refractivity contribution >= 4 is 11.0 Å². The van der Waals surface area contributed by atoms with Gasteiger partial charge in [-0.2, -0.15) is 0 Å². The van der Waals surface area contributed by atoms with Crippen molar-refractivity contribution in [2.24, 2.45) is 0 Å². The van der Waals surface area contributed by atoms with Gasteiger partial charge in [0.05, 0.1) is 5.60 Å². The van der Waals surface area contributed by atoms with Crippen molar-refractivity contribution in [1.82, 2.24) is 0 Å². The first-order chi connectivity index (χ1) is 11.2. The minimum atomic E-state index is -1.26. The van der Waals surface area contributed by atoms with Gasteiger partial charge in [-0.3, -0.25) is 0 Å². The molecule has 5 heteroatoms. The summed E-state index contributed by atoms with van der Waals surface area (Å²) in [6, 6.07) is 6.68. The van der Waals surface area contributed by atoms with E-state index in [9.17, 15) is 15.0 Å². The number of allylic oxidation sites excluding steroid dienone is 2. The Hall–Kier alpha value is -2.11. The molecule has 2 aromatic rings. The Balaban J connectivity index is 2.42. The number of ether oxygens (including phenoxy) is 1. The largest absolute Gasteiger partial charge is 0.490 e. The van der Waals surface area contributed by atoms with E-state index in [1.807, 2.05) is 19.9 Å². The Bertz CT molecular complexity index is 791. The molecule has 0 fully saturated rings. The SMILES string of the molecule is CC(C)=CCc1c(OCC(O)C(C)(C)O)ccc2ccc(=O)oc12. The lowest BCUT2D eigenvalue weighted by Crippen LogP contribution is -2.40. The van der Waals surface area contributed by atoms with Gasteiger partial charge in [0.15, 0.2) is 0 Å². The molecular weight excluding hydrogens is 308 g/mol. The maximum Gasteiger partial charge on any atom is 0.336 e. The van der Waals surface area contributed by atoms with E-state index in [2.05, 4.69) is 0 Å². The number of aliphatic hydroxyl groups excluding tert-OH is 1. The van der Waals surface area contributed by atoms with Crippen LogP contribution in [0.1, 0.15) is 33.3 Å². The molecule has 130 valence electrons. The summed E-state index contributed by atoms with van der Waals surface area (Å²) in [7, 11) is 0. The molecular formula is C19H24O5. The van der Waals surface area contributed by atoms with Crippen LogP contribution >= 0.6 is 0 Å². The number of aliphatic hydroxyl groups is 2. The van der Waals surface area contributed by atoms with E-state index in [4.69, 9.17) is 9.15 Å². The number of rotatable bonds is 6. The van der Waals surface area contributed by atoms with Crippen LogP contribution in [0.5, 0.6) is 5.75 Å². The fourth-order valence-corrected chi connectivity index (χ4v) is 2.18. The van der Waals surface area contributed by atoms with E-state index < -0.39 is 17.3 Å². The van der Waals surface area contributed by atoms with Crippen molar-refractivity contribution in [3.8, 4) is 5.75 Å². The molecule has 1 atom stereocenters. The first kappa shape index (κ1) is 18.2. The second-order valence-corrected chi connectivity index (χ2v) is 6.68. The summed E-state index contributed by atoms with van der Waals surface area (Å²) in [6.07, 6.45) is 1.52. The zero-order chi connectivity index (χ0) is 17.9. The smallest absolute Gasteiger partial charge is 0.336 e. The minimum absolute atomic E-state index is 0.0616. The van der Waals surface area contributed by atoms with Crippen LogP contribution in [0.2, 0.25) is 0 Å². The molecule has 2 N–H and O–H groups in total. The van der Waals surface area contributed by atoms with Gasteiger partial charge in [-0.1, -0.05) is 11.6 Å². The normalized spacial score (nSPS) is 12.9. The van der Waals surface area contributed by atoms with Gasteiger partial charge in [-0.05, 0) is 52.3 Å². The summed E-state index contributed by atoms with van der Waals surface area (Å²) >= 11 is 0. The molecule has 0 saturated heterocycles. The van der Waals surface area contributed by atoms with Gasteiger partial charge in [0, 0.05) is 17.0 Å². The lowest BCUT2D eigenvalue weighted by atomic mass is 10.0. The first-order valence-electron chi connectivity index (χ1n) is 7.91. The predicted molar refractivity (Wildman–Crippen MR) is 93.4 cm³/mol. The lowest BCUT2D eigenvalue weighted by molar-refractivity contribution is -0.0662. The summed E-state index contributed by atoms with van der Waals surface area (Å²) < 4.78 is 11.1. The Kier molecular flexibility index (Phi) is 5.47. The molecule has 1 aromatic carbocycles. The third-order valence-corrected chi connectivity index (χ3v) is 3.78. The van der Waals surface area contributed by atoms with Crippen LogP contribution in [-0.2, 0) is 6.42 Å². The summed E-state index contributed by atoms with van der Waals surface area (Å²) in [6.45, 7) is 6.95. The van der Waals surface area contributed by atoms with Crippen molar-refractivity contribution in [2.45, 2.75) is 45.8 Å². The molecule has 1 aromatic heterocycles. The minimum Gasteiger partial charge on any atom is -0.490 e. The molecule has 0 saturated carbocycles. The molecule has 1 unspecified atom stereocenters. The molecule has 0 radical (unpaired) electrons. The number of fused-ring (bicyclic) bond motifs is 1. The van der Waals surface area contributed by atoms with E-state index in [-0.39, 0.29) is 6.61 Å². The molecule has 0 bridgehead atoms. The first-order valence-corrected chi connectivity index (χ1v) is 7.91. The fourth-order valence-electron chi connectivity index (χ4n) is 2.18. The zero-order valence-corrected chi connectivity index (χ0v) is 14.5. The highest BCUT2D eigenvalue weighted by atomic mass is 16.5. The monoisotopic (exact) mass is 332 g/mol. The van der Waals surface area contributed by atoms with Crippen molar-refractivity contribution in [3.05, 3.63) is 51.9 Å². The summed E-state index contributed by atoms with van der Waals surface area (Å²) in [5.41, 5.74) is 0.677. The topological polar surface area (TPSA) is 79.9 Å². The van der Waals surface area contributed by atoms with Gasteiger partial charge >= 0.3 is 5.63 Å². The van der Waals surface area contributed by atoms with Gasteiger partial charge in [0.25, 0.3) is 0 Å². The Morgan fingerprint density at radius 1 is 1.29 bits per heavy atom. The number of hydrogen-bond acceptors (Lipinski definition) is 5. The van der Waals surface area contributed by atoms with Crippen LogP contribution in [0.25, 0.3) is 11.0 Å². The third kappa shape index (κ3) is 4.46. The lowest BCUT2D eigenvalue weighted by Gasteiger charge is -2.25. The van der Waals surface area contributed by atoms with E-state index in [0.29, 0.717) is 17.8 Å². The van der Waals surface area contributed by atoms with E-state index in [1.165, 1.54) is 19.9 Å². The maximum absolute atomic E-state index is 11.6. The maximum atomic E-state index is 11.6. The molecule has 0 aliphatic carbocycles. The molecule has 1 heterocycles. The van der Waals surface area contributed by atoms with E-state index in [1.54, 1.807) is 18.2 Å². The van der Waals surface area contributed by atoms with Crippen LogP contribution in [0.15, 0.2) is 45.1 Å². The number of hydrogen-bond donors (Lipinski definition) is 2. The molecule has 0 amide bonds. The fraction of sp³-hybridized carbons (Fsp3) is 0.421. The second kappa shape index (κ2) is 7.20. The van der Waals surface area contributed by atoms with Gasteiger partial charge in [0.1, 0.15) is 24.0 Å². The molecule has 24 heavy (non-hydrogen) atoms. The zero-order valence-electron chi connectivity index (χ0n) is 14.5. The van der Waals surface area contributed by atoms with Gasteiger partial charge in [-0.25, -0.2) is 4.79 Å². The highest BCUT2D eigenvalue weighted by Gasteiger charge is 2.25. The van der Waals surface area contributed by atoms with Gasteiger partial charge < -0.3 is 19.4 Å². The summed E-state index contributed by atoms with van der Waals surface area (Å²) in [5, 5.41) is 20.6. The quantitative estimate of drug-likeness (QED) is 0.628. The van der Waals surface area contributed by atoms with Crippen LogP contribution in [0.3, 0.4) is 0 Å². The predicted octanol–water partition coefficient (Wildman–Crippen LogP) is 2.81. The highest BCUT2D eigenvalue weighted by Crippen LogP contribution is 2.29. The van der Waals surface area contributed by atoms with Crippen molar-refractivity contribution in [2.75, 3.05) is 6.61 Å². The average Bonchev–Trinajstić information content (AvgIpc) is 2.49. The van der Waals surface area contributed by atoms with Gasteiger partial charge in [0.2, 0.25) is 0 Å². The Labute approximate surface area is 141 Å². The molecule has 0 aliphatic heterocycles. The van der Waals surface area contributed by atoms with Crippen LogP contribution < -0.4 is 10.4 Å². The molecule has 0 aliphatic rings. The molecule has 2 rings (SSSR count). The van der Waals surface area contributed by atoms with Crippen LogP contribution in [0.4, 0.5) is 0 Å². The highest BCUT2D eigenvalue weighted by molar-refractivity contribution is 5.82. The van der Waals surface area contributed by atoms with Crippen molar-refractivity contribution < 1.29 is 19.4 Å². The second-order valence-electron chi connectivity index (χ2n) is 6.68. The standard InChI is InChI=1S/C19H24O5/c1-12(2)5-8-14-15(23-11-16(20)19(3,4)22)9-6-13-7-10-17(21)24-18(13)14/h5-7,9-10,16,20,22H,8,11H2,1-4H3. The number of benzene rings is 1. The summed E-state index contributed by atoms with van der Waals surface area (Å²) in [4.78, 5) is 11.6. The van der Waals surface area contributed by atoms with E-state index in [0.717, 1.165) is 16.5 Å². The third-order valence-electron chi connectivity index (χ3n) is 3.78. The van der Waals surface area contributed by atoms with Crippen LogP contribution in [0, 0.1) is 0 Å². The molecule has 5 nitrogen and oxygen atoms in total. The van der Waals surface area contributed by atoms with E-state index >= 15 is 0 Å².